The van der Waals surface area contributed by atoms with E-state index in [9.17, 15) is 19.8 Å². The first kappa shape index (κ1) is 11.9. The average Bonchev–Trinajstić information content (AvgIpc) is 2.12. The molecular weight excluding hydrogens is 204 g/mol. The largest absolute Gasteiger partial charge is 0.481 e. The Morgan fingerprint density at radius 1 is 1.33 bits per heavy atom. The third-order valence-corrected chi connectivity index (χ3v) is 2.34. The number of amides is 1. The Kier molecular flexibility index (Phi) is 3.61. The van der Waals surface area contributed by atoms with Gasteiger partial charge in [-0.15, -0.1) is 0 Å². The lowest BCUT2D eigenvalue weighted by atomic mass is 9.92. The number of aliphatic hydroxyl groups excluding tert-OH is 2. The first-order chi connectivity index (χ1) is 6.93. The first-order valence-electron chi connectivity index (χ1n) is 4.53. The molecule has 1 heterocycles. The van der Waals surface area contributed by atoms with E-state index in [2.05, 4.69) is 10.6 Å². The molecule has 0 aliphatic carbocycles. The molecule has 1 aliphatic rings. The monoisotopic (exact) mass is 218 g/mol. The lowest BCUT2D eigenvalue weighted by molar-refractivity contribution is -0.153. The molecule has 1 aliphatic heterocycles. The second-order valence-corrected chi connectivity index (χ2v) is 3.51. The van der Waals surface area contributed by atoms with Crippen LogP contribution in [0.5, 0.6) is 0 Å². The van der Waals surface area contributed by atoms with E-state index >= 15 is 0 Å². The van der Waals surface area contributed by atoms with E-state index in [0.717, 1.165) is 0 Å². The van der Waals surface area contributed by atoms with E-state index in [1.54, 1.807) is 0 Å². The molecule has 7 nitrogen and oxygen atoms in total. The van der Waals surface area contributed by atoms with Crippen LogP contribution in [-0.2, 0) is 9.59 Å². The maximum absolute atomic E-state index is 10.7. The Labute approximate surface area is 86.1 Å². The molecule has 0 aromatic heterocycles. The van der Waals surface area contributed by atoms with Crippen LogP contribution < -0.4 is 10.6 Å². The summed E-state index contributed by atoms with van der Waals surface area (Å²) in [5.74, 6) is -2.62. The van der Waals surface area contributed by atoms with E-state index in [0.29, 0.717) is 0 Å². The number of piperidine rings is 1. The van der Waals surface area contributed by atoms with Crippen molar-refractivity contribution in [2.75, 3.05) is 6.54 Å². The first-order valence-corrected chi connectivity index (χ1v) is 4.53. The minimum atomic E-state index is -1.39. The minimum Gasteiger partial charge on any atom is -0.481 e. The second kappa shape index (κ2) is 4.56. The fraction of sp³-hybridized carbons (Fsp3) is 0.750. The third kappa shape index (κ3) is 2.65. The molecule has 4 atom stereocenters. The lowest BCUT2D eigenvalue weighted by Gasteiger charge is -2.36. The molecule has 0 spiro atoms. The summed E-state index contributed by atoms with van der Waals surface area (Å²) in [4.78, 5) is 21.4. The summed E-state index contributed by atoms with van der Waals surface area (Å²) in [6, 6.07) is 0. The summed E-state index contributed by atoms with van der Waals surface area (Å²) in [6.07, 6.45) is -3.53. The smallest absolute Gasteiger partial charge is 0.310 e. The van der Waals surface area contributed by atoms with Gasteiger partial charge in [-0.2, -0.15) is 0 Å². The van der Waals surface area contributed by atoms with Gasteiger partial charge in [-0.05, 0) is 0 Å². The summed E-state index contributed by atoms with van der Waals surface area (Å²) in [6.45, 7) is 1.27. The molecule has 1 amide bonds. The third-order valence-electron chi connectivity index (χ3n) is 2.34. The molecule has 0 radical (unpaired) electrons. The van der Waals surface area contributed by atoms with Gasteiger partial charge in [0.15, 0.2) is 0 Å². The number of hydrogen-bond donors (Lipinski definition) is 5. The molecule has 0 aromatic carbocycles. The van der Waals surface area contributed by atoms with Crippen molar-refractivity contribution in [1.82, 2.24) is 10.6 Å². The van der Waals surface area contributed by atoms with Crippen LogP contribution in [0.1, 0.15) is 6.92 Å². The number of carboxylic acid groups (broad SMARTS) is 1. The molecule has 1 saturated heterocycles. The summed E-state index contributed by atoms with van der Waals surface area (Å²) < 4.78 is 0. The van der Waals surface area contributed by atoms with Crippen molar-refractivity contribution in [2.24, 2.45) is 5.92 Å². The van der Waals surface area contributed by atoms with Gasteiger partial charge in [-0.3, -0.25) is 14.9 Å². The number of carboxylic acids is 1. The van der Waals surface area contributed by atoms with Gasteiger partial charge in [0, 0.05) is 13.5 Å². The Morgan fingerprint density at radius 2 is 1.93 bits per heavy atom. The zero-order chi connectivity index (χ0) is 11.6. The van der Waals surface area contributed by atoms with Crippen molar-refractivity contribution in [3.05, 3.63) is 0 Å². The van der Waals surface area contributed by atoms with E-state index in [1.807, 2.05) is 0 Å². The van der Waals surface area contributed by atoms with Gasteiger partial charge in [0.05, 0.1) is 12.0 Å². The Bertz CT molecular complexity index is 268. The van der Waals surface area contributed by atoms with Crippen molar-refractivity contribution in [1.29, 1.82) is 0 Å². The van der Waals surface area contributed by atoms with Crippen LogP contribution >= 0.6 is 0 Å². The predicted molar refractivity (Wildman–Crippen MR) is 48.7 cm³/mol. The molecule has 86 valence electrons. The normalized spacial score (nSPS) is 35.9. The Balaban J connectivity index is 2.64. The van der Waals surface area contributed by atoms with Gasteiger partial charge in [0.2, 0.25) is 5.91 Å². The second-order valence-electron chi connectivity index (χ2n) is 3.51. The quantitative estimate of drug-likeness (QED) is 0.349. The Hall–Kier alpha value is -1.18. The van der Waals surface area contributed by atoms with E-state index in [1.165, 1.54) is 6.92 Å². The topological polar surface area (TPSA) is 119 Å². The number of hydrogen-bond acceptors (Lipinski definition) is 5. The van der Waals surface area contributed by atoms with E-state index in [4.69, 9.17) is 5.11 Å². The van der Waals surface area contributed by atoms with Crippen molar-refractivity contribution in [3.8, 4) is 0 Å². The fourth-order valence-electron chi connectivity index (χ4n) is 1.52. The molecule has 0 aromatic rings. The van der Waals surface area contributed by atoms with Crippen LogP contribution in [0, 0.1) is 5.92 Å². The summed E-state index contributed by atoms with van der Waals surface area (Å²) in [7, 11) is 0. The zero-order valence-corrected chi connectivity index (χ0v) is 8.17. The van der Waals surface area contributed by atoms with Crippen molar-refractivity contribution < 1.29 is 24.9 Å². The van der Waals surface area contributed by atoms with Gasteiger partial charge < -0.3 is 20.6 Å². The summed E-state index contributed by atoms with van der Waals surface area (Å²) >= 11 is 0. The molecule has 0 unspecified atom stereocenters. The van der Waals surface area contributed by atoms with Crippen LogP contribution in [-0.4, -0.2) is 52.1 Å². The van der Waals surface area contributed by atoms with E-state index in [-0.39, 0.29) is 12.5 Å². The molecule has 7 heteroatoms. The minimum absolute atomic E-state index is 0.00148. The number of carbonyl (C=O) groups is 2. The van der Waals surface area contributed by atoms with Gasteiger partial charge in [-0.25, -0.2) is 0 Å². The molecular formula is C8H14N2O5. The molecule has 5 N–H and O–H groups in total. The van der Waals surface area contributed by atoms with Crippen molar-refractivity contribution in [2.45, 2.75) is 25.3 Å². The number of nitrogens with one attached hydrogen (secondary N) is 2. The van der Waals surface area contributed by atoms with Crippen LogP contribution in [0.25, 0.3) is 0 Å². The van der Waals surface area contributed by atoms with Gasteiger partial charge >= 0.3 is 5.97 Å². The zero-order valence-electron chi connectivity index (χ0n) is 8.17. The number of aliphatic hydroxyl groups is 2. The fourth-order valence-corrected chi connectivity index (χ4v) is 1.52. The predicted octanol–water partition coefficient (Wildman–Crippen LogP) is -2.53. The number of carbonyl (C=O) groups excluding carboxylic acids is 1. The highest BCUT2D eigenvalue weighted by molar-refractivity contribution is 5.74. The lowest BCUT2D eigenvalue weighted by Crippen LogP contribution is -2.64. The molecule has 1 fully saturated rings. The van der Waals surface area contributed by atoms with Crippen molar-refractivity contribution in [3.63, 3.8) is 0 Å². The molecule has 0 bridgehead atoms. The maximum atomic E-state index is 10.7. The van der Waals surface area contributed by atoms with Crippen molar-refractivity contribution >= 4 is 11.9 Å². The summed E-state index contributed by atoms with van der Waals surface area (Å²) in [5, 5.41) is 32.7. The van der Waals surface area contributed by atoms with Crippen LogP contribution in [0.3, 0.4) is 0 Å². The van der Waals surface area contributed by atoms with Gasteiger partial charge in [0.25, 0.3) is 0 Å². The standard InChI is InChI=1S/C8H14N2O5/c1-3(11)10-7-6(13)5(12)4(2-9-7)8(14)15/h4-7,9,12-13H,2H2,1H3,(H,10,11)(H,14,15)/t4-,5-,6+,7+/m1/s1. The van der Waals surface area contributed by atoms with Crippen LogP contribution in [0.4, 0.5) is 0 Å². The van der Waals surface area contributed by atoms with Crippen LogP contribution in [0.2, 0.25) is 0 Å². The molecule has 15 heavy (non-hydrogen) atoms. The molecule has 1 rings (SSSR count). The highest BCUT2D eigenvalue weighted by Gasteiger charge is 2.41. The van der Waals surface area contributed by atoms with Crippen LogP contribution in [0.15, 0.2) is 0 Å². The SMILES string of the molecule is CC(=O)N[C@@H]1NC[C@@H](C(=O)O)[C@@H](O)[C@@H]1O. The molecule has 0 saturated carbocycles. The highest BCUT2D eigenvalue weighted by Crippen LogP contribution is 2.15. The Morgan fingerprint density at radius 3 is 2.40 bits per heavy atom. The maximum Gasteiger partial charge on any atom is 0.310 e. The van der Waals surface area contributed by atoms with E-state index < -0.39 is 30.3 Å². The number of aliphatic carboxylic acids is 1. The number of rotatable bonds is 2. The summed E-state index contributed by atoms with van der Waals surface area (Å²) in [5.41, 5.74) is 0. The highest BCUT2D eigenvalue weighted by atomic mass is 16.4. The van der Waals surface area contributed by atoms with Gasteiger partial charge in [0.1, 0.15) is 12.3 Å². The average molecular weight is 218 g/mol. The van der Waals surface area contributed by atoms with Gasteiger partial charge in [-0.1, -0.05) is 0 Å².